The van der Waals surface area contributed by atoms with E-state index in [1.807, 2.05) is 0 Å². The first-order valence-corrected chi connectivity index (χ1v) is 5.25. The van der Waals surface area contributed by atoms with E-state index in [2.05, 4.69) is 10.3 Å². The molecule has 0 fully saturated rings. The molecule has 1 heterocycles. The van der Waals surface area contributed by atoms with Gasteiger partial charge >= 0.3 is 0 Å². The molecule has 1 rings (SSSR count). The quantitative estimate of drug-likeness (QED) is 0.816. The molecule has 1 N–H and O–H groups in total. The van der Waals surface area contributed by atoms with Gasteiger partial charge in [-0.3, -0.25) is 14.6 Å². The third-order valence-electron chi connectivity index (χ3n) is 1.84. The number of amides is 1. The first-order valence-electron chi connectivity index (χ1n) is 4.37. The van der Waals surface area contributed by atoms with Crippen LogP contribution in [0.1, 0.15) is 29.9 Å². The van der Waals surface area contributed by atoms with Crippen LogP contribution in [0.3, 0.4) is 0 Å². The lowest BCUT2D eigenvalue weighted by atomic mass is 10.2. The van der Waals surface area contributed by atoms with E-state index in [-0.39, 0.29) is 11.7 Å². The van der Waals surface area contributed by atoms with E-state index < -0.39 is 6.04 Å². The zero-order valence-electron chi connectivity index (χ0n) is 8.11. The van der Waals surface area contributed by atoms with E-state index in [1.165, 1.54) is 17.5 Å². The van der Waals surface area contributed by atoms with Crippen molar-refractivity contribution in [2.24, 2.45) is 0 Å². The maximum atomic E-state index is 11.4. The van der Waals surface area contributed by atoms with E-state index in [9.17, 15) is 9.59 Å². The van der Waals surface area contributed by atoms with Gasteiger partial charge in [0.15, 0.2) is 5.78 Å². The first kappa shape index (κ1) is 10.8. The fourth-order valence-electron chi connectivity index (χ4n) is 0.982. The molecule has 0 radical (unpaired) electrons. The lowest BCUT2D eigenvalue weighted by molar-refractivity contribution is -0.120. The summed E-state index contributed by atoms with van der Waals surface area (Å²) in [5.41, 5.74) is 1.58. The number of nitrogens with zero attached hydrogens (tertiary/aromatic N) is 1. The van der Waals surface area contributed by atoms with E-state index in [4.69, 9.17) is 0 Å². The average Bonchev–Trinajstić information content (AvgIpc) is 2.69. The molecule has 0 aliphatic carbocycles. The SMILES string of the molecule is CCC(=O)C(C)NC(=O)c1cncs1. The van der Waals surface area contributed by atoms with Crippen LogP contribution < -0.4 is 5.32 Å². The Balaban J connectivity index is 2.53. The second-order valence-corrected chi connectivity index (χ2v) is 3.77. The van der Waals surface area contributed by atoms with E-state index in [0.717, 1.165) is 0 Å². The minimum atomic E-state index is -0.422. The second kappa shape index (κ2) is 4.85. The summed E-state index contributed by atoms with van der Waals surface area (Å²) in [4.78, 5) is 27.0. The van der Waals surface area contributed by atoms with Crippen molar-refractivity contribution in [3.05, 3.63) is 16.6 Å². The Morgan fingerprint density at radius 1 is 1.64 bits per heavy atom. The van der Waals surface area contributed by atoms with Gasteiger partial charge in [0.05, 0.1) is 17.7 Å². The highest BCUT2D eigenvalue weighted by Gasteiger charge is 2.15. The number of hydrogen-bond acceptors (Lipinski definition) is 4. The van der Waals surface area contributed by atoms with Crippen LogP contribution in [0.15, 0.2) is 11.7 Å². The number of carbonyl (C=O) groups excluding carboxylic acids is 2. The van der Waals surface area contributed by atoms with Gasteiger partial charge in [-0.25, -0.2) is 0 Å². The van der Waals surface area contributed by atoms with Gasteiger partial charge in [0, 0.05) is 6.42 Å². The van der Waals surface area contributed by atoms with Crippen LogP contribution in [0.5, 0.6) is 0 Å². The highest BCUT2D eigenvalue weighted by molar-refractivity contribution is 7.11. The molecule has 1 aromatic rings. The topological polar surface area (TPSA) is 59.1 Å². The monoisotopic (exact) mass is 212 g/mol. The lowest BCUT2D eigenvalue weighted by Gasteiger charge is -2.10. The van der Waals surface area contributed by atoms with Crippen LogP contribution in [-0.4, -0.2) is 22.7 Å². The Morgan fingerprint density at radius 2 is 2.36 bits per heavy atom. The molecule has 5 heteroatoms. The number of hydrogen-bond donors (Lipinski definition) is 1. The van der Waals surface area contributed by atoms with Gasteiger partial charge in [0.2, 0.25) is 0 Å². The Bertz CT molecular complexity index is 322. The van der Waals surface area contributed by atoms with Crippen molar-refractivity contribution >= 4 is 23.0 Å². The van der Waals surface area contributed by atoms with Gasteiger partial charge in [-0.15, -0.1) is 11.3 Å². The fourth-order valence-corrected chi connectivity index (χ4v) is 1.51. The van der Waals surface area contributed by atoms with Crippen LogP contribution in [0.2, 0.25) is 0 Å². The van der Waals surface area contributed by atoms with Crippen molar-refractivity contribution in [2.45, 2.75) is 26.3 Å². The third kappa shape index (κ3) is 2.63. The number of rotatable bonds is 4. The summed E-state index contributed by atoms with van der Waals surface area (Å²) < 4.78 is 0. The predicted octanol–water partition coefficient (Wildman–Crippen LogP) is 1.24. The average molecular weight is 212 g/mol. The molecule has 4 nitrogen and oxygen atoms in total. The minimum Gasteiger partial charge on any atom is -0.342 e. The Kier molecular flexibility index (Phi) is 3.76. The van der Waals surface area contributed by atoms with Gasteiger partial charge in [-0.1, -0.05) is 6.92 Å². The summed E-state index contributed by atoms with van der Waals surface area (Å²) in [7, 11) is 0. The molecule has 0 saturated heterocycles. The smallest absolute Gasteiger partial charge is 0.263 e. The first-order chi connectivity index (χ1) is 6.65. The fraction of sp³-hybridized carbons (Fsp3) is 0.444. The van der Waals surface area contributed by atoms with Gasteiger partial charge in [-0.05, 0) is 6.92 Å². The molecule has 1 unspecified atom stereocenters. The van der Waals surface area contributed by atoms with Crippen LogP contribution in [0, 0.1) is 0 Å². The number of thiazole rings is 1. The van der Waals surface area contributed by atoms with Crippen LogP contribution in [-0.2, 0) is 4.79 Å². The van der Waals surface area contributed by atoms with Crippen molar-refractivity contribution < 1.29 is 9.59 Å². The molecule has 1 aromatic heterocycles. The number of carbonyl (C=O) groups is 2. The number of aromatic nitrogens is 1. The molecular formula is C9H12N2O2S. The molecule has 0 bridgehead atoms. The number of ketones is 1. The summed E-state index contributed by atoms with van der Waals surface area (Å²) in [5.74, 6) is -0.204. The Labute approximate surface area is 86.4 Å². The van der Waals surface area contributed by atoms with Crippen molar-refractivity contribution in [3.63, 3.8) is 0 Å². The van der Waals surface area contributed by atoms with E-state index in [0.29, 0.717) is 11.3 Å². The molecule has 1 amide bonds. The van der Waals surface area contributed by atoms with E-state index in [1.54, 1.807) is 19.4 Å². The van der Waals surface area contributed by atoms with E-state index >= 15 is 0 Å². The number of Topliss-reactive ketones (excluding diaryl/α,β-unsaturated/α-hetero) is 1. The van der Waals surface area contributed by atoms with Crippen LogP contribution >= 0.6 is 11.3 Å². The lowest BCUT2D eigenvalue weighted by Crippen LogP contribution is -2.37. The highest BCUT2D eigenvalue weighted by Crippen LogP contribution is 2.05. The molecule has 0 aromatic carbocycles. The molecule has 0 saturated carbocycles. The van der Waals surface area contributed by atoms with Crippen molar-refractivity contribution in [2.75, 3.05) is 0 Å². The molecule has 1 atom stereocenters. The molecule has 76 valence electrons. The largest absolute Gasteiger partial charge is 0.342 e. The Hall–Kier alpha value is -1.23. The third-order valence-corrected chi connectivity index (χ3v) is 2.61. The van der Waals surface area contributed by atoms with Gasteiger partial charge in [0.1, 0.15) is 4.88 Å². The summed E-state index contributed by atoms with van der Waals surface area (Å²) >= 11 is 1.26. The summed E-state index contributed by atoms with van der Waals surface area (Å²) in [6.07, 6.45) is 1.92. The minimum absolute atomic E-state index is 0.0304. The zero-order valence-corrected chi connectivity index (χ0v) is 8.93. The maximum absolute atomic E-state index is 11.4. The molecule has 0 spiro atoms. The summed E-state index contributed by atoms with van der Waals surface area (Å²) in [6, 6.07) is -0.422. The standard InChI is InChI=1S/C9H12N2O2S/c1-3-7(12)6(2)11-9(13)8-4-10-5-14-8/h4-6H,3H2,1-2H3,(H,11,13). The number of nitrogens with one attached hydrogen (secondary N) is 1. The van der Waals surface area contributed by atoms with Gasteiger partial charge in [-0.2, -0.15) is 0 Å². The normalized spacial score (nSPS) is 12.1. The van der Waals surface area contributed by atoms with Crippen LogP contribution in [0.4, 0.5) is 0 Å². The van der Waals surface area contributed by atoms with Crippen molar-refractivity contribution in [1.82, 2.24) is 10.3 Å². The summed E-state index contributed by atoms with van der Waals surface area (Å²) in [6.45, 7) is 3.46. The second-order valence-electron chi connectivity index (χ2n) is 2.88. The van der Waals surface area contributed by atoms with Crippen molar-refractivity contribution in [3.8, 4) is 0 Å². The highest BCUT2D eigenvalue weighted by atomic mass is 32.1. The summed E-state index contributed by atoms with van der Waals surface area (Å²) in [5, 5.41) is 2.61. The van der Waals surface area contributed by atoms with Crippen molar-refractivity contribution in [1.29, 1.82) is 0 Å². The predicted molar refractivity (Wildman–Crippen MR) is 54.3 cm³/mol. The Morgan fingerprint density at radius 3 is 2.86 bits per heavy atom. The molecule has 14 heavy (non-hydrogen) atoms. The van der Waals surface area contributed by atoms with Crippen LogP contribution in [0.25, 0.3) is 0 Å². The molecule has 0 aliphatic rings. The molecule has 0 aliphatic heterocycles. The zero-order chi connectivity index (χ0) is 10.6. The van der Waals surface area contributed by atoms with Gasteiger partial charge in [0.25, 0.3) is 5.91 Å². The molecular weight excluding hydrogens is 200 g/mol. The maximum Gasteiger partial charge on any atom is 0.263 e. The van der Waals surface area contributed by atoms with Gasteiger partial charge < -0.3 is 5.32 Å².